The van der Waals surface area contributed by atoms with Crippen LogP contribution in [0.2, 0.25) is 0 Å². The van der Waals surface area contributed by atoms with E-state index in [4.69, 9.17) is 9.47 Å². The van der Waals surface area contributed by atoms with Gasteiger partial charge in [0, 0.05) is 44.1 Å². The predicted octanol–water partition coefficient (Wildman–Crippen LogP) is 2.25. The molecule has 1 fully saturated rings. The van der Waals surface area contributed by atoms with Gasteiger partial charge in [0.15, 0.2) is 11.5 Å². The van der Waals surface area contributed by atoms with Gasteiger partial charge in [-0.25, -0.2) is 9.97 Å². The molecule has 2 aromatic rings. The van der Waals surface area contributed by atoms with E-state index in [1.165, 1.54) is 0 Å². The van der Waals surface area contributed by atoms with Gasteiger partial charge in [-0.05, 0) is 36.8 Å². The molecule has 27 heavy (non-hydrogen) atoms. The molecular weight excluding hydrogens is 344 g/mol. The number of ether oxygens (including phenoxy) is 2. The number of hydrogen-bond acceptors (Lipinski definition) is 6. The molecule has 2 heterocycles. The highest BCUT2D eigenvalue weighted by Gasteiger charge is 2.23. The largest absolute Gasteiger partial charge is 0.493 e. The number of amides is 1. The summed E-state index contributed by atoms with van der Waals surface area (Å²) < 4.78 is 10.6. The van der Waals surface area contributed by atoms with Crippen molar-refractivity contribution in [3.8, 4) is 11.5 Å². The molecule has 142 valence electrons. The third kappa shape index (κ3) is 4.36. The van der Waals surface area contributed by atoms with Gasteiger partial charge in [0.1, 0.15) is 0 Å². The van der Waals surface area contributed by atoms with Crippen molar-refractivity contribution in [1.82, 2.24) is 14.9 Å². The minimum absolute atomic E-state index is 0.0402. The Morgan fingerprint density at radius 2 is 1.70 bits per heavy atom. The van der Waals surface area contributed by atoms with Gasteiger partial charge in [0.2, 0.25) is 11.9 Å². The van der Waals surface area contributed by atoms with E-state index in [9.17, 15) is 4.79 Å². The second-order valence-corrected chi connectivity index (χ2v) is 6.27. The summed E-state index contributed by atoms with van der Waals surface area (Å²) in [5.41, 5.74) is 1.58. The Hall–Kier alpha value is -3.09. The third-order valence-corrected chi connectivity index (χ3v) is 4.53. The molecule has 0 saturated carbocycles. The summed E-state index contributed by atoms with van der Waals surface area (Å²) in [5, 5.41) is 0. The molecule has 1 amide bonds. The van der Waals surface area contributed by atoms with E-state index in [-0.39, 0.29) is 5.91 Å². The molecule has 7 nitrogen and oxygen atoms in total. The Labute approximate surface area is 159 Å². The highest BCUT2D eigenvalue weighted by molar-refractivity contribution is 5.97. The van der Waals surface area contributed by atoms with Crippen LogP contribution in [0.25, 0.3) is 6.08 Å². The Kier molecular flexibility index (Phi) is 5.90. The zero-order chi connectivity index (χ0) is 19.2. The number of methoxy groups -OCH3 is 2. The molecule has 7 heteroatoms. The van der Waals surface area contributed by atoms with Crippen LogP contribution >= 0.6 is 0 Å². The fraction of sp³-hybridized carbons (Fsp3) is 0.350. The zero-order valence-corrected chi connectivity index (χ0v) is 15.9. The van der Waals surface area contributed by atoms with Gasteiger partial charge in [-0.2, -0.15) is 0 Å². The van der Waals surface area contributed by atoms with Crippen molar-refractivity contribution in [2.45, 2.75) is 6.92 Å². The van der Waals surface area contributed by atoms with Crippen LogP contribution in [0, 0.1) is 0 Å². The van der Waals surface area contributed by atoms with Gasteiger partial charge in [0.25, 0.3) is 0 Å². The van der Waals surface area contributed by atoms with E-state index in [0.29, 0.717) is 36.1 Å². The Morgan fingerprint density at radius 3 is 2.33 bits per heavy atom. The van der Waals surface area contributed by atoms with Crippen LogP contribution in [-0.2, 0) is 4.79 Å². The highest BCUT2D eigenvalue weighted by Crippen LogP contribution is 2.28. The van der Waals surface area contributed by atoms with Gasteiger partial charge >= 0.3 is 0 Å². The highest BCUT2D eigenvalue weighted by atomic mass is 16.5. The van der Waals surface area contributed by atoms with Crippen molar-refractivity contribution in [1.29, 1.82) is 0 Å². The Balaban J connectivity index is 1.65. The molecule has 0 N–H and O–H groups in total. The Bertz CT molecular complexity index is 815. The topological polar surface area (TPSA) is 67.8 Å². The Morgan fingerprint density at radius 1 is 1.04 bits per heavy atom. The van der Waals surface area contributed by atoms with Gasteiger partial charge in [-0.15, -0.1) is 0 Å². The van der Waals surface area contributed by atoms with Crippen molar-refractivity contribution < 1.29 is 14.3 Å². The molecule has 1 saturated heterocycles. The van der Waals surface area contributed by atoms with Crippen molar-refractivity contribution in [2.75, 3.05) is 45.3 Å². The summed E-state index contributed by atoms with van der Waals surface area (Å²) >= 11 is 0. The molecule has 1 aliphatic rings. The molecule has 0 radical (unpaired) electrons. The molecule has 1 aromatic heterocycles. The van der Waals surface area contributed by atoms with Gasteiger partial charge in [-0.3, -0.25) is 4.79 Å². The number of hydrogen-bond donors (Lipinski definition) is 0. The van der Waals surface area contributed by atoms with Gasteiger partial charge in [-0.1, -0.05) is 6.07 Å². The second-order valence-electron chi connectivity index (χ2n) is 6.27. The molecule has 0 unspecified atom stereocenters. The van der Waals surface area contributed by atoms with E-state index in [2.05, 4.69) is 14.9 Å². The second kappa shape index (κ2) is 8.53. The minimum atomic E-state index is 0.0402. The van der Waals surface area contributed by atoms with Crippen LogP contribution in [0.3, 0.4) is 0 Å². The number of carbonyl (C=O) groups is 1. The minimum Gasteiger partial charge on any atom is -0.493 e. The van der Waals surface area contributed by atoms with Crippen molar-refractivity contribution in [3.63, 3.8) is 0 Å². The summed E-state index contributed by atoms with van der Waals surface area (Å²) in [6.45, 7) is 4.58. The fourth-order valence-electron chi connectivity index (χ4n) is 3.07. The molecule has 0 spiro atoms. The number of anilines is 1. The lowest BCUT2D eigenvalue weighted by atomic mass is 10.1. The van der Waals surface area contributed by atoms with Gasteiger partial charge in [0.05, 0.1) is 14.2 Å². The smallest absolute Gasteiger partial charge is 0.249 e. The van der Waals surface area contributed by atoms with Crippen molar-refractivity contribution in [3.05, 3.63) is 47.8 Å². The van der Waals surface area contributed by atoms with Crippen molar-refractivity contribution in [2.24, 2.45) is 0 Å². The van der Waals surface area contributed by atoms with E-state index >= 15 is 0 Å². The average molecular weight is 368 g/mol. The first kappa shape index (κ1) is 18.7. The van der Waals surface area contributed by atoms with E-state index < -0.39 is 0 Å². The van der Waals surface area contributed by atoms with Crippen LogP contribution in [0.5, 0.6) is 11.5 Å². The zero-order valence-electron chi connectivity index (χ0n) is 15.9. The van der Waals surface area contributed by atoms with Crippen LogP contribution in [0.4, 0.5) is 5.95 Å². The molecule has 0 atom stereocenters. The van der Waals surface area contributed by atoms with E-state index in [1.807, 2.05) is 36.1 Å². The van der Waals surface area contributed by atoms with E-state index in [1.54, 1.807) is 32.7 Å². The molecular formula is C20H24N4O3. The van der Waals surface area contributed by atoms with Crippen LogP contribution in [0.15, 0.2) is 42.2 Å². The summed E-state index contributed by atoms with van der Waals surface area (Å²) in [7, 11) is 3.20. The standard InChI is InChI=1S/C20H24N4O3/c1-15(13-16-5-6-17(26-2)18(14-16)27-3)19(25)23-9-11-24(12-10-23)20-21-7-4-8-22-20/h4-8,13-14H,9-12H2,1-3H3/b15-13+. The lowest BCUT2D eigenvalue weighted by molar-refractivity contribution is -0.127. The number of benzene rings is 1. The summed E-state index contributed by atoms with van der Waals surface area (Å²) in [4.78, 5) is 25.3. The van der Waals surface area contributed by atoms with Crippen LogP contribution in [-0.4, -0.2) is 61.2 Å². The molecule has 1 aliphatic heterocycles. The maximum Gasteiger partial charge on any atom is 0.249 e. The van der Waals surface area contributed by atoms with Crippen molar-refractivity contribution >= 4 is 17.9 Å². The van der Waals surface area contributed by atoms with Crippen LogP contribution < -0.4 is 14.4 Å². The fourth-order valence-corrected chi connectivity index (χ4v) is 3.07. The molecule has 0 aliphatic carbocycles. The molecule has 1 aromatic carbocycles. The number of carbonyl (C=O) groups excluding carboxylic acids is 1. The monoisotopic (exact) mass is 368 g/mol. The molecule has 0 bridgehead atoms. The maximum absolute atomic E-state index is 12.8. The summed E-state index contributed by atoms with van der Waals surface area (Å²) in [5.74, 6) is 2.06. The number of piperazine rings is 1. The van der Waals surface area contributed by atoms with E-state index in [0.717, 1.165) is 18.7 Å². The molecule has 3 rings (SSSR count). The lowest BCUT2D eigenvalue weighted by Gasteiger charge is -2.34. The number of rotatable bonds is 5. The summed E-state index contributed by atoms with van der Waals surface area (Å²) in [6.07, 6.45) is 5.34. The SMILES string of the molecule is COc1ccc(/C=C(\C)C(=O)N2CCN(c3ncccn3)CC2)cc1OC. The first-order valence-corrected chi connectivity index (χ1v) is 8.84. The lowest BCUT2D eigenvalue weighted by Crippen LogP contribution is -2.49. The number of nitrogens with zero attached hydrogens (tertiary/aromatic N) is 4. The quantitative estimate of drug-likeness (QED) is 0.754. The maximum atomic E-state index is 12.8. The summed E-state index contributed by atoms with van der Waals surface area (Å²) in [6, 6.07) is 7.40. The number of aromatic nitrogens is 2. The first-order chi connectivity index (χ1) is 13.1. The first-order valence-electron chi connectivity index (χ1n) is 8.84. The van der Waals surface area contributed by atoms with Crippen LogP contribution in [0.1, 0.15) is 12.5 Å². The van der Waals surface area contributed by atoms with Gasteiger partial charge < -0.3 is 19.3 Å². The average Bonchev–Trinajstić information content (AvgIpc) is 2.73. The third-order valence-electron chi connectivity index (χ3n) is 4.53. The normalized spacial score (nSPS) is 14.9. The predicted molar refractivity (Wildman–Crippen MR) is 104 cm³/mol.